The molecule has 0 aromatic carbocycles. The molecular formula is C13H18N4O3. The number of ether oxygens (including phenoxy) is 1. The highest BCUT2D eigenvalue weighted by Gasteiger charge is 2.22. The third-order valence-corrected chi connectivity index (χ3v) is 3.20. The van der Waals surface area contributed by atoms with Gasteiger partial charge in [-0.15, -0.1) is 0 Å². The Hall–Kier alpha value is -2.18. The van der Waals surface area contributed by atoms with Gasteiger partial charge in [-0.3, -0.25) is 9.59 Å². The molecule has 0 radical (unpaired) electrons. The molecule has 1 fully saturated rings. The molecule has 1 saturated heterocycles. The summed E-state index contributed by atoms with van der Waals surface area (Å²) in [6.45, 7) is 5.57. The van der Waals surface area contributed by atoms with Crippen LogP contribution < -0.4 is 4.74 Å². The fourth-order valence-electron chi connectivity index (χ4n) is 2.01. The summed E-state index contributed by atoms with van der Waals surface area (Å²) in [5.41, 5.74) is 0.789. The number of rotatable bonds is 3. The Morgan fingerprint density at radius 1 is 1.20 bits per heavy atom. The molecule has 0 unspecified atom stereocenters. The van der Waals surface area contributed by atoms with E-state index in [-0.39, 0.29) is 18.4 Å². The molecule has 0 atom stereocenters. The van der Waals surface area contributed by atoms with Crippen LogP contribution in [0.1, 0.15) is 12.6 Å². The summed E-state index contributed by atoms with van der Waals surface area (Å²) in [7, 11) is 0. The lowest BCUT2D eigenvalue weighted by Crippen LogP contribution is -2.51. The Bertz CT molecular complexity index is 498. The summed E-state index contributed by atoms with van der Waals surface area (Å²) >= 11 is 0. The molecule has 1 aliphatic rings. The lowest BCUT2D eigenvalue weighted by atomic mass is 10.3. The molecule has 1 aromatic heterocycles. The van der Waals surface area contributed by atoms with Crippen molar-refractivity contribution < 1.29 is 14.3 Å². The number of nitrogens with zero attached hydrogens (tertiary/aromatic N) is 4. The van der Waals surface area contributed by atoms with Gasteiger partial charge in [-0.05, 0) is 6.92 Å². The molecule has 0 saturated carbocycles. The lowest BCUT2D eigenvalue weighted by Gasteiger charge is -2.34. The molecule has 0 aliphatic carbocycles. The summed E-state index contributed by atoms with van der Waals surface area (Å²) in [6, 6.07) is 1.68. The van der Waals surface area contributed by atoms with Gasteiger partial charge in [-0.2, -0.15) is 0 Å². The average Bonchev–Trinajstić information content (AvgIpc) is 2.45. The predicted octanol–water partition coefficient (Wildman–Crippen LogP) is -0.145. The predicted molar refractivity (Wildman–Crippen MR) is 71.1 cm³/mol. The Morgan fingerprint density at radius 3 is 2.45 bits per heavy atom. The van der Waals surface area contributed by atoms with Crippen LogP contribution in [0.2, 0.25) is 0 Å². The zero-order valence-electron chi connectivity index (χ0n) is 11.7. The average molecular weight is 278 g/mol. The van der Waals surface area contributed by atoms with Crippen molar-refractivity contribution in [2.24, 2.45) is 0 Å². The van der Waals surface area contributed by atoms with Crippen molar-refractivity contribution in [2.75, 3.05) is 32.8 Å². The first-order valence-corrected chi connectivity index (χ1v) is 6.51. The lowest BCUT2D eigenvalue weighted by molar-refractivity contribution is -0.139. The van der Waals surface area contributed by atoms with Gasteiger partial charge in [0.25, 0.3) is 5.91 Å². The first kappa shape index (κ1) is 14.2. The van der Waals surface area contributed by atoms with Crippen LogP contribution in [-0.2, 0) is 9.59 Å². The van der Waals surface area contributed by atoms with Gasteiger partial charge in [0, 0.05) is 44.9 Å². The van der Waals surface area contributed by atoms with Gasteiger partial charge < -0.3 is 14.5 Å². The van der Waals surface area contributed by atoms with Gasteiger partial charge >= 0.3 is 0 Å². The second kappa shape index (κ2) is 6.31. The molecule has 2 amide bonds. The molecule has 1 aliphatic heterocycles. The van der Waals surface area contributed by atoms with Crippen molar-refractivity contribution in [2.45, 2.75) is 13.8 Å². The van der Waals surface area contributed by atoms with E-state index in [0.717, 1.165) is 5.69 Å². The van der Waals surface area contributed by atoms with Crippen LogP contribution in [0.4, 0.5) is 0 Å². The maximum Gasteiger partial charge on any atom is 0.260 e. The maximum atomic E-state index is 12.0. The van der Waals surface area contributed by atoms with Crippen molar-refractivity contribution >= 4 is 11.8 Å². The summed E-state index contributed by atoms with van der Waals surface area (Å²) < 4.78 is 5.35. The van der Waals surface area contributed by atoms with Gasteiger partial charge in [-0.1, -0.05) is 0 Å². The van der Waals surface area contributed by atoms with E-state index in [0.29, 0.717) is 32.1 Å². The summed E-state index contributed by atoms with van der Waals surface area (Å²) in [5, 5.41) is 0. The molecule has 20 heavy (non-hydrogen) atoms. The topological polar surface area (TPSA) is 75.6 Å². The molecule has 2 heterocycles. The molecule has 108 valence electrons. The number of carbonyl (C=O) groups excluding carboxylic acids is 2. The third-order valence-electron chi connectivity index (χ3n) is 3.20. The highest BCUT2D eigenvalue weighted by molar-refractivity contribution is 5.78. The van der Waals surface area contributed by atoms with Crippen LogP contribution in [0.5, 0.6) is 5.88 Å². The molecule has 2 rings (SSSR count). The van der Waals surface area contributed by atoms with E-state index in [4.69, 9.17) is 4.74 Å². The SMILES string of the molecule is CC(=O)N1CCN(C(=O)COc2cc(C)ncn2)CC1. The molecule has 7 heteroatoms. The van der Waals surface area contributed by atoms with Crippen molar-refractivity contribution in [3.8, 4) is 5.88 Å². The minimum atomic E-state index is -0.0931. The van der Waals surface area contributed by atoms with Gasteiger partial charge in [-0.25, -0.2) is 9.97 Å². The largest absolute Gasteiger partial charge is 0.467 e. The van der Waals surface area contributed by atoms with Crippen molar-refractivity contribution in [3.05, 3.63) is 18.1 Å². The van der Waals surface area contributed by atoms with Gasteiger partial charge in [0.1, 0.15) is 6.33 Å². The zero-order valence-corrected chi connectivity index (χ0v) is 11.7. The Kier molecular flexibility index (Phi) is 4.49. The van der Waals surface area contributed by atoms with Crippen LogP contribution >= 0.6 is 0 Å². The van der Waals surface area contributed by atoms with E-state index in [1.165, 1.54) is 13.3 Å². The highest BCUT2D eigenvalue weighted by atomic mass is 16.5. The van der Waals surface area contributed by atoms with Crippen molar-refractivity contribution in [1.29, 1.82) is 0 Å². The molecule has 0 bridgehead atoms. The summed E-state index contributed by atoms with van der Waals surface area (Å²) in [5.74, 6) is 0.350. The van der Waals surface area contributed by atoms with Gasteiger partial charge in [0.05, 0.1) is 0 Å². The molecule has 0 N–H and O–H groups in total. The zero-order chi connectivity index (χ0) is 14.5. The van der Waals surface area contributed by atoms with Crippen LogP contribution in [0.25, 0.3) is 0 Å². The van der Waals surface area contributed by atoms with Crippen LogP contribution in [0.3, 0.4) is 0 Å². The van der Waals surface area contributed by atoms with Crippen molar-refractivity contribution in [1.82, 2.24) is 19.8 Å². The summed E-state index contributed by atoms with van der Waals surface area (Å²) in [4.78, 5) is 34.5. The Morgan fingerprint density at radius 2 is 1.85 bits per heavy atom. The van der Waals surface area contributed by atoms with Crippen LogP contribution in [-0.4, -0.2) is 64.4 Å². The second-order valence-corrected chi connectivity index (χ2v) is 4.67. The van der Waals surface area contributed by atoms with E-state index in [2.05, 4.69) is 9.97 Å². The van der Waals surface area contributed by atoms with Gasteiger partial charge in [0.2, 0.25) is 11.8 Å². The molecule has 0 spiro atoms. The second-order valence-electron chi connectivity index (χ2n) is 4.67. The molecular weight excluding hydrogens is 260 g/mol. The van der Waals surface area contributed by atoms with Crippen LogP contribution in [0.15, 0.2) is 12.4 Å². The minimum absolute atomic E-state index is 0.0451. The van der Waals surface area contributed by atoms with E-state index in [9.17, 15) is 9.59 Å². The smallest absolute Gasteiger partial charge is 0.260 e. The number of aryl methyl sites for hydroxylation is 1. The monoisotopic (exact) mass is 278 g/mol. The normalized spacial score (nSPS) is 15.1. The fraction of sp³-hybridized carbons (Fsp3) is 0.538. The first-order valence-electron chi connectivity index (χ1n) is 6.51. The Balaban J connectivity index is 1.80. The summed E-state index contributed by atoms with van der Waals surface area (Å²) in [6.07, 6.45) is 1.40. The van der Waals surface area contributed by atoms with E-state index < -0.39 is 0 Å². The minimum Gasteiger partial charge on any atom is -0.467 e. The number of carbonyl (C=O) groups is 2. The quantitative estimate of drug-likeness (QED) is 0.769. The van der Waals surface area contributed by atoms with E-state index >= 15 is 0 Å². The molecule has 7 nitrogen and oxygen atoms in total. The number of hydrogen-bond acceptors (Lipinski definition) is 5. The third kappa shape index (κ3) is 3.66. The molecule has 1 aromatic rings. The van der Waals surface area contributed by atoms with E-state index in [1.54, 1.807) is 15.9 Å². The highest BCUT2D eigenvalue weighted by Crippen LogP contribution is 2.07. The fourth-order valence-corrected chi connectivity index (χ4v) is 2.01. The number of amides is 2. The first-order chi connectivity index (χ1) is 9.56. The Labute approximate surface area is 117 Å². The maximum absolute atomic E-state index is 12.0. The standard InChI is InChI=1S/C13H18N4O3/c1-10-7-12(15-9-14-10)20-8-13(19)17-5-3-16(4-6-17)11(2)18/h7,9H,3-6,8H2,1-2H3. The van der Waals surface area contributed by atoms with Crippen molar-refractivity contribution in [3.63, 3.8) is 0 Å². The number of piperazine rings is 1. The van der Waals surface area contributed by atoms with Gasteiger partial charge in [0.15, 0.2) is 6.61 Å². The number of hydrogen-bond donors (Lipinski definition) is 0. The number of aromatic nitrogens is 2. The van der Waals surface area contributed by atoms with E-state index in [1.807, 2.05) is 6.92 Å². The van der Waals surface area contributed by atoms with Crippen LogP contribution in [0, 0.1) is 6.92 Å².